The molecule has 0 aliphatic heterocycles. The molecule has 2 rings (SSSR count). The molecule has 0 aliphatic carbocycles. The van der Waals surface area contributed by atoms with Crippen molar-refractivity contribution >= 4 is 28.9 Å². The molecule has 0 unspecified atom stereocenters. The van der Waals surface area contributed by atoms with E-state index in [0.29, 0.717) is 28.0 Å². The van der Waals surface area contributed by atoms with Gasteiger partial charge in [0.1, 0.15) is 17.2 Å². The summed E-state index contributed by atoms with van der Waals surface area (Å²) in [7, 11) is 4.64. The van der Waals surface area contributed by atoms with Crippen LogP contribution in [-0.2, 0) is 4.79 Å². The van der Waals surface area contributed by atoms with Crippen LogP contribution < -0.4 is 24.8 Å². The van der Waals surface area contributed by atoms with E-state index in [2.05, 4.69) is 10.6 Å². The fraction of sp³-hybridized carbons (Fsp3) is 0.235. The number of benzene rings is 2. The Morgan fingerprint density at radius 2 is 1.75 bits per heavy atom. The zero-order chi connectivity index (χ0) is 17.5. The Bertz CT molecular complexity index is 722. The molecule has 2 N–H and O–H groups in total. The zero-order valence-corrected chi connectivity index (χ0v) is 14.4. The van der Waals surface area contributed by atoms with E-state index < -0.39 is 0 Å². The molecule has 0 atom stereocenters. The number of hydrogen-bond acceptors (Lipinski definition) is 5. The Morgan fingerprint density at radius 1 is 1.00 bits per heavy atom. The van der Waals surface area contributed by atoms with Gasteiger partial charge in [-0.3, -0.25) is 4.79 Å². The van der Waals surface area contributed by atoms with Crippen molar-refractivity contribution in [1.29, 1.82) is 0 Å². The van der Waals surface area contributed by atoms with Crippen LogP contribution in [0.5, 0.6) is 17.2 Å². The van der Waals surface area contributed by atoms with Crippen LogP contribution in [0.1, 0.15) is 0 Å². The summed E-state index contributed by atoms with van der Waals surface area (Å²) >= 11 is 6.05. The fourth-order valence-corrected chi connectivity index (χ4v) is 2.31. The van der Waals surface area contributed by atoms with Crippen LogP contribution in [0.15, 0.2) is 36.4 Å². The Balaban J connectivity index is 1.97. The van der Waals surface area contributed by atoms with Gasteiger partial charge in [-0.2, -0.15) is 0 Å². The number of nitrogens with one attached hydrogen (secondary N) is 2. The molecule has 0 saturated heterocycles. The predicted octanol–water partition coefficient (Wildman–Crippen LogP) is 3.42. The monoisotopic (exact) mass is 350 g/mol. The van der Waals surface area contributed by atoms with Crippen LogP contribution in [-0.4, -0.2) is 33.8 Å². The maximum Gasteiger partial charge on any atom is 0.243 e. The number of carbonyl (C=O) groups excluding carboxylic acids is 1. The Labute approximate surface area is 145 Å². The first-order valence-electron chi connectivity index (χ1n) is 7.16. The van der Waals surface area contributed by atoms with Crippen molar-refractivity contribution in [3.05, 3.63) is 41.4 Å². The molecular weight excluding hydrogens is 332 g/mol. The molecule has 128 valence electrons. The number of rotatable bonds is 7. The second-order valence-corrected chi connectivity index (χ2v) is 5.22. The molecule has 0 aliphatic rings. The number of ether oxygens (including phenoxy) is 3. The van der Waals surface area contributed by atoms with Gasteiger partial charge in [0.05, 0.1) is 38.6 Å². The highest BCUT2D eigenvalue weighted by Gasteiger charge is 2.09. The van der Waals surface area contributed by atoms with Crippen LogP contribution in [0.3, 0.4) is 0 Å². The largest absolute Gasteiger partial charge is 0.497 e. The van der Waals surface area contributed by atoms with E-state index >= 15 is 0 Å². The third-order valence-corrected chi connectivity index (χ3v) is 3.58. The molecule has 6 nitrogen and oxygen atoms in total. The van der Waals surface area contributed by atoms with Gasteiger partial charge in [0.25, 0.3) is 0 Å². The van der Waals surface area contributed by atoms with Crippen LogP contribution in [0.4, 0.5) is 11.4 Å². The van der Waals surface area contributed by atoms with Crippen molar-refractivity contribution < 1.29 is 19.0 Å². The van der Waals surface area contributed by atoms with Crippen LogP contribution in [0.25, 0.3) is 0 Å². The van der Waals surface area contributed by atoms with Gasteiger partial charge in [0.15, 0.2) is 0 Å². The Hall–Kier alpha value is -2.60. The molecule has 2 aromatic carbocycles. The maximum atomic E-state index is 12.1. The highest BCUT2D eigenvalue weighted by molar-refractivity contribution is 6.32. The van der Waals surface area contributed by atoms with Gasteiger partial charge >= 0.3 is 0 Å². The summed E-state index contributed by atoms with van der Waals surface area (Å²) in [4.78, 5) is 12.1. The second kappa shape index (κ2) is 8.31. The summed E-state index contributed by atoms with van der Waals surface area (Å²) in [6.45, 7) is 0.0812. The van der Waals surface area contributed by atoms with E-state index in [-0.39, 0.29) is 12.5 Å². The van der Waals surface area contributed by atoms with Crippen LogP contribution in [0.2, 0.25) is 5.02 Å². The minimum Gasteiger partial charge on any atom is -0.497 e. The molecule has 24 heavy (non-hydrogen) atoms. The van der Waals surface area contributed by atoms with E-state index in [1.54, 1.807) is 50.6 Å². The van der Waals surface area contributed by atoms with Crippen LogP contribution in [0, 0.1) is 0 Å². The van der Waals surface area contributed by atoms with Crippen LogP contribution >= 0.6 is 11.6 Å². The number of methoxy groups -OCH3 is 3. The van der Waals surface area contributed by atoms with Gasteiger partial charge in [-0.05, 0) is 30.3 Å². The summed E-state index contributed by atoms with van der Waals surface area (Å²) in [5.74, 6) is 1.53. The standard InChI is InChI=1S/C17H19ClN2O4/c1-22-12-5-6-14(16(9-12)24-3)20-17(21)10-19-11-4-7-15(23-2)13(18)8-11/h4-9,19H,10H2,1-3H3,(H,20,21). The lowest BCUT2D eigenvalue weighted by Crippen LogP contribution is -2.22. The third-order valence-electron chi connectivity index (χ3n) is 3.29. The molecule has 0 spiro atoms. The highest BCUT2D eigenvalue weighted by atomic mass is 35.5. The summed E-state index contributed by atoms with van der Waals surface area (Å²) in [5, 5.41) is 6.25. The topological polar surface area (TPSA) is 68.8 Å². The summed E-state index contributed by atoms with van der Waals surface area (Å²) in [6.07, 6.45) is 0. The lowest BCUT2D eigenvalue weighted by molar-refractivity contribution is -0.114. The second-order valence-electron chi connectivity index (χ2n) is 4.82. The number of amides is 1. The predicted molar refractivity (Wildman–Crippen MR) is 94.7 cm³/mol. The third kappa shape index (κ3) is 4.45. The molecule has 0 heterocycles. The normalized spacial score (nSPS) is 10.0. The molecule has 0 bridgehead atoms. The molecule has 0 fully saturated rings. The first kappa shape index (κ1) is 17.7. The summed E-state index contributed by atoms with van der Waals surface area (Å²) in [5.41, 5.74) is 1.29. The Kier molecular flexibility index (Phi) is 6.14. The summed E-state index contributed by atoms with van der Waals surface area (Å²) < 4.78 is 15.5. The van der Waals surface area contributed by atoms with E-state index in [0.717, 1.165) is 5.69 Å². The van der Waals surface area contributed by atoms with Crippen molar-refractivity contribution in [2.75, 3.05) is 38.5 Å². The molecule has 1 amide bonds. The lowest BCUT2D eigenvalue weighted by atomic mass is 10.2. The molecule has 0 saturated carbocycles. The SMILES string of the molecule is COc1ccc(NC(=O)CNc2ccc(OC)c(Cl)c2)c(OC)c1. The van der Waals surface area contributed by atoms with Crippen molar-refractivity contribution in [2.24, 2.45) is 0 Å². The molecular formula is C17H19ClN2O4. The van der Waals surface area contributed by atoms with E-state index in [1.807, 2.05) is 0 Å². The molecule has 2 aromatic rings. The lowest BCUT2D eigenvalue weighted by Gasteiger charge is -2.12. The van der Waals surface area contributed by atoms with Crippen molar-refractivity contribution in [3.8, 4) is 17.2 Å². The zero-order valence-electron chi connectivity index (χ0n) is 13.7. The van der Waals surface area contributed by atoms with E-state index in [9.17, 15) is 4.79 Å². The minimum absolute atomic E-state index is 0.0812. The number of hydrogen-bond donors (Lipinski definition) is 2. The number of carbonyl (C=O) groups is 1. The first-order valence-corrected chi connectivity index (χ1v) is 7.54. The molecule has 0 aromatic heterocycles. The highest BCUT2D eigenvalue weighted by Crippen LogP contribution is 2.29. The van der Waals surface area contributed by atoms with Gasteiger partial charge < -0.3 is 24.8 Å². The minimum atomic E-state index is -0.217. The van der Waals surface area contributed by atoms with Gasteiger partial charge in [-0.15, -0.1) is 0 Å². The summed E-state index contributed by atoms with van der Waals surface area (Å²) in [6, 6.07) is 10.4. The quantitative estimate of drug-likeness (QED) is 0.800. The fourth-order valence-electron chi connectivity index (χ4n) is 2.05. The van der Waals surface area contributed by atoms with Gasteiger partial charge in [0, 0.05) is 11.8 Å². The smallest absolute Gasteiger partial charge is 0.243 e. The maximum absolute atomic E-state index is 12.1. The van der Waals surface area contributed by atoms with E-state index in [1.165, 1.54) is 7.11 Å². The van der Waals surface area contributed by atoms with Gasteiger partial charge in [-0.25, -0.2) is 0 Å². The molecule has 7 heteroatoms. The van der Waals surface area contributed by atoms with Gasteiger partial charge in [0.2, 0.25) is 5.91 Å². The molecule has 0 radical (unpaired) electrons. The Morgan fingerprint density at radius 3 is 2.38 bits per heavy atom. The van der Waals surface area contributed by atoms with Crippen molar-refractivity contribution in [3.63, 3.8) is 0 Å². The van der Waals surface area contributed by atoms with E-state index in [4.69, 9.17) is 25.8 Å². The number of anilines is 2. The van der Waals surface area contributed by atoms with Crippen molar-refractivity contribution in [2.45, 2.75) is 0 Å². The van der Waals surface area contributed by atoms with Crippen molar-refractivity contribution in [1.82, 2.24) is 0 Å². The average molecular weight is 351 g/mol. The number of halogens is 1. The average Bonchev–Trinajstić information content (AvgIpc) is 2.60. The van der Waals surface area contributed by atoms with Gasteiger partial charge in [-0.1, -0.05) is 11.6 Å². The first-order chi connectivity index (χ1) is 11.6.